The molecule has 0 heterocycles. The highest BCUT2D eigenvalue weighted by Crippen LogP contribution is 2.22. The third-order valence-corrected chi connectivity index (χ3v) is 3.24. The van der Waals surface area contributed by atoms with Crippen LogP contribution in [0.15, 0.2) is 60.7 Å². The lowest BCUT2D eigenvalue weighted by Gasteiger charge is -2.17. The summed E-state index contributed by atoms with van der Waals surface area (Å²) in [5.74, 6) is 0.472. The molecule has 0 radical (unpaired) electrons. The second-order valence-corrected chi connectivity index (χ2v) is 4.41. The minimum absolute atomic E-state index is 0.472. The normalized spacial score (nSPS) is 19.5. The minimum Gasteiger partial charge on any atom is -0.0991 e. The van der Waals surface area contributed by atoms with Crippen LogP contribution in [0, 0.1) is 5.92 Å². The van der Waals surface area contributed by atoms with E-state index in [0.29, 0.717) is 5.92 Å². The third-order valence-electron chi connectivity index (χ3n) is 3.24. The van der Waals surface area contributed by atoms with Crippen LogP contribution in [0.2, 0.25) is 0 Å². The molecular formula is C19H24. The standard InChI is InChI=1S/C17H18.C2H6/c1-4-5-6-10-16-13(2)12-15-9-7-8-11-17(15)14(16)3;1-2/h4-13H,1H2,2-3H3;1-2H3/b6-5-,16-10+;. The summed E-state index contributed by atoms with van der Waals surface area (Å²) < 4.78 is 0. The average molecular weight is 252 g/mol. The van der Waals surface area contributed by atoms with Crippen LogP contribution >= 0.6 is 0 Å². The summed E-state index contributed by atoms with van der Waals surface area (Å²) in [6, 6.07) is 8.58. The van der Waals surface area contributed by atoms with E-state index in [1.807, 2.05) is 19.9 Å². The van der Waals surface area contributed by atoms with Gasteiger partial charge in [0.15, 0.2) is 0 Å². The SMILES string of the molecule is C=C/C=C\C=C1\C(C)=c2ccccc2=CC1C.CC. The van der Waals surface area contributed by atoms with E-state index in [1.165, 1.54) is 21.6 Å². The van der Waals surface area contributed by atoms with Gasteiger partial charge in [-0.25, -0.2) is 0 Å². The average Bonchev–Trinajstić information content (AvgIpc) is 2.45. The molecule has 1 unspecified atom stereocenters. The summed E-state index contributed by atoms with van der Waals surface area (Å²) >= 11 is 0. The van der Waals surface area contributed by atoms with Crippen molar-refractivity contribution >= 4 is 11.6 Å². The Morgan fingerprint density at radius 2 is 1.79 bits per heavy atom. The van der Waals surface area contributed by atoms with Crippen molar-refractivity contribution in [2.75, 3.05) is 0 Å². The number of rotatable bonds is 2. The van der Waals surface area contributed by atoms with Gasteiger partial charge in [0.05, 0.1) is 0 Å². The Hall–Kier alpha value is -1.82. The van der Waals surface area contributed by atoms with Crippen molar-refractivity contribution < 1.29 is 0 Å². The van der Waals surface area contributed by atoms with E-state index >= 15 is 0 Å². The zero-order chi connectivity index (χ0) is 14.3. The fourth-order valence-corrected chi connectivity index (χ4v) is 2.35. The van der Waals surface area contributed by atoms with Crippen molar-refractivity contribution in [2.45, 2.75) is 27.7 Å². The molecule has 0 bridgehead atoms. The quantitative estimate of drug-likeness (QED) is 0.698. The maximum Gasteiger partial charge on any atom is 0.000161 e. The maximum atomic E-state index is 3.69. The Kier molecular flexibility index (Phi) is 6.08. The monoisotopic (exact) mass is 252 g/mol. The predicted molar refractivity (Wildman–Crippen MR) is 87.2 cm³/mol. The van der Waals surface area contributed by atoms with Gasteiger partial charge in [0.25, 0.3) is 0 Å². The second kappa shape index (κ2) is 7.58. The molecule has 0 aliphatic heterocycles. The van der Waals surface area contributed by atoms with Gasteiger partial charge in [-0.1, -0.05) is 82.0 Å². The summed E-state index contributed by atoms with van der Waals surface area (Å²) in [6.45, 7) is 12.1. The van der Waals surface area contributed by atoms with E-state index in [1.54, 1.807) is 6.08 Å². The molecule has 2 rings (SSSR count). The molecule has 1 atom stereocenters. The largest absolute Gasteiger partial charge is 0.0991 e. The molecule has 0 spiro atoms. The molecule has 0 nitrogen and oxygen atoms in total. The van der Waals surface area contributed by atoms with Gasteiger partial charge in [0.2, 0.25) is 0 Å². The van der Waals surface area contributed by atoms with Crippen molar-refractivity contribution in [3.63, 3.8) is 0 Å². The van der Waals surface area contributed by atoms with Crippen LogP contribution in [0.25, 0.3) is 11.6 Å². The van der Waals surface area contributed by atoms with E-state index in [2.05, 4.69) is 62.9 Å². The first-order valence-corrected chi connectivity index (χ1v) is 7.01. The van der Waals surface area contributed by atoms with Gasteiger partial charge >= 0.3 is 0 Å². The van der Waals surface area contributed by atoms with Gasteiger partial charge in [-0.15, -0.1) is 0 Å². The summed E-state index contributed by atoms with van der Waals surface area (Å²) in [7, 11) is 0. The molecule has 1 aliphatic rings. The van der Waals surface area contributed by atoms with Gasteiger partial charge in [-0.2, -0.15) is 0 Å². The molecule has 0 heteroatoms. The Morgan fingerprint density at radius 3 is 2.47 bits per heavy atom. The fraction of sp³-hybridized carbons (Fsp3) is 0.263. The molecule has 0 aromatic heterocycles. The highest BCUT2D eigenvalue weighted by molar-refractivity contribution is 5.69. The lowest BCUT2D eigenvalue weighted by molar-refractivity contribution is 0.931. The zero-order valence-corrected chi connectivity index (χ0v) is 12.5. The molecule has 0 saturated carbocycles. The van der Waals surface area contributed by atoms with Crippen molar-refractivity contribution in [1.82, 2.24) is 0 Å². The Labute approximate surface area is 117 Å². The zero-order valence-electron chi connectivity index (χ0n) is 12.5. The van der Waals surface area contributed by atoms with Crippen molar-refractivity contribution in [3.8, 4) is 0 Å². The van der Waals surface area contributed by atoms with Gasteiger partial charge < -0.3 is 0 Å². The molecule has 19 heavy (non-hydrogen) atoms. The number of hydrogen-bond acceptors (Lipinski definition) is 0. The highest BCUT2D eigenvalue weighted by Gasteiger charge is 2.12. The van der Waals surface area contributed by atoms with Crippen LogP contribution in [-0.4, -0.2) is 0 Å². The number of hydrogen-bond donors (Lipinski definition) is 0. The first-order valence-electron chi connectivity index (χ1n) is 7.01. The van der Waals surface area contributed by atoms with Crippen LogP contribution in [0.4, 0.5) is 0 Å². The Balaban J connectivity index is 0.000000861. The van der Waals surface area contributed by atoms with Gasteiger partial charge in [0.1, 0.15) is 0 Å². The van der Waals surface area contributed by atoms with Crippen LogP contribution < -0.4 is 10.4 Å². The minimum atomic E-state index is 0.472. The Morgan fingerprint density at radius 1 is 1.11 bits per heavy atom. The molecule has 0 amide bonds. The molecule has 0 fully saturated rings. The fourth-order valence-electron chi connectivity index (χ4n) is 2.35. The van der Waals surface area contributed by atoms with E-state index in [9.17, 15) is 0 Å². The van der Waals surface area contributed by atoms with E-state index in [-0.39, 0.29) is 0 Å². The number of allylic oxidation sites excluding steroid dienone is 5. The van der Waals surface area contributed by atoms with E-state index in [0.717, 1.165) is 0 Å². The van der Waals surface area contributed by atoms with Crippen molar-refractivity contribution in [1.29, 1.82) is 0 Å². The second-order valence-electron chi connectivity index (χ2n) is 4.41. The van der Waals surface area contributed by atoms with Crippen molar-refractivity contribution in [3.05, 3.63) is 71.2 Å². The lowest BCUT2D eigenvalue weighted by Crippen LogP contribution is -2.31. The molecule has 100 valence electrons. The summed E-state index contributed by atoms with van der Waals surface area (Å²) in [5, 5.41) is 2.70. The van der Waals surface area contributed by atoms with Crippen LogP contribution in [0.1, 0.15) is 27.7 Å². The topological polar surface area (TPSA) is 0 Å². The van der Waals surface area contributed by atoms with E-state index < -0.39 is 0 Å². The van der Waals surface area contributed by atoms with Gasteiger partial charge in [0, 0.05) is 5.92 Å². The maximum absolute atomic E-state index is 3.69. The molecule has 1 aromatic carbocycles. The first kappa shape index (κ1) is 15.2. The van der Waals surface area contributed by atoms with Crippen LogP contribution in [0.5, 0.6) is 0 Å². The smallest absolute Gasteiger partial charge is 0.000161 e. The van der Waals surface area contributed by atoms with Crippen LogP contribution in [0.3, 0.4) is 0 Å². The number of benzene rings is 1. The Bertz CT molecular complexity index is 597. The van der Waals surface area contributed by atoms with Crippen molar-refractivity contribution in [2.24, 2.45) is 5.92 Å². The molecular weight excluding hydrogens is 228 g/mol. The predicted octanol–water partition coefficient (Wildman–Crippen LogP) is 3.98. The molecule has 1 aliphatic carbocycles. The van der Waals surface area contributed by atoms with Crippen LogP contribution in [-0.2, 0) is 0 Å². The summed E-state index contributed by atoms with van der Waals surface area (Å²) in [4.78, 5) is 0. The molecule has 0 N–H and O–H groups in total. The molecule has 1 aromatic rings. The summed E-state index contributed by atoms with van der Waals surface area (Å²) in [6.07, 6.45) is 10.3. The van der Waals surface area contributed by atoms with Gasteiger partial charge in [-0.3, -0.25) is 0 Å². The third kappa shape index (κ3) is 3.57. The first-order chi connectivity index (χ1) is 9.24. The number of fused-ring (bicyclic) bond motifs is 1. The lowest BCUT2D eigenvalue weighted by atomic mass is 9.87. The molecule has 0 saturated heterocycles. The van der Waals surface area contributed by atoms with E-state index in [4.69, 9.17) is 0 Å². The summed E-state index contributed by atoms with van der Waals surface area (Å²) in [5.41, 5.74) is 2.77. The van der Waals surface area contributed by atoms with Gasteiger partial charge in [-0.05, 0) is 28.5 Å². The highest BCUT2D eigenvalue weighted by atomic mass is 14.2.